The summed E-state index contributed by atoms with van der Waals surface area (Å²) in [4.78, 5) is 14.2. The molecule has 1 unspecified atom stereocenters. The average molecular weight is 352 g/mol. The standard InChI is InChI=1S/C20H20N2O4/c1-14(26-17-6-3-15(12-21)4-7-17)20(23)22(2)13-16-5-8-18-19(11-16)25-10-9-24-18/h3-8,11,14H,9-10,13H2,1-2H3. The lowest BCUT2D eigenvalue weighted by molar-refractivity contribution is -0.137. The van der Waals surface area contributed by atoms with Crippen molar-refractivity contribution in [2.24, 2.45) is 0 Å². The first kappa shape index (κ1) is 17.6. The first-order valence-corrected chi connectivity index (χ1v) is 8.37. The van der Waals surface area contributed by atoms with Crippen molar-refractivity contribution < 1.29 is 19.0 Å². The quantitative estimate of drug-likeness (QED) is 0.827. The molecular formula is C20H20N2O4. The predicted octanol–water partition coefficient (Wildman–Crippen LogP) is 2.76. The van der Waals surface area contributed by atoms with Gasteiger partial charge in [-0.1, -0.05) is 6.07 Å². The topological polar surface area (TPSA) is 71.8 Å². The van der Waals surface area contributed by atoms with Gasteiger partial charge in [-0.15, -0.1) is 0 Å². The lowest BCUT2D eigenvalue weighted by atomic mass is 10.1. The summed E-state index contributed by atoms with van der Waals surface area (Å²) in [5.74, 6) is 1.85. The van der Waals surface area contributed by atoms with Crippen molar-refractivity contribution in [3.63, 3.8) is 0 Å². The van der Waals surface area contributed by atoms with Crippen molar-refractivity contribution in [2.75, 3.05) is 20.3 Å². The van der Waals surface area contributed by atoms with Crippen LogP contribution in [0.2, 0.25) is 0 Å². The number of carbonyl (C=O) groups is 1. The first-order valence-electron chi connectivity index (χ1n) is 8.37. The minimum Gasteiger partial charge on any atom is -0.486 e. The molecule has 1 amide bonds. The number of benzene rings is 2. The van der Waals surface area contributed by atoms with E-state index >= 15 is 0 Å². The van der Waals surface area contributed by atoms with E-state index in [0.29, 0.717) is 36.8 Å². The summed E-state index contributed by atoms with van der Waals surface area (Å²) < 4.78 is 16.8. The molecule has 0 radical (unpaired) electrons. The SMILES string of the molecule is CC(Oc1ccc(C#N)cc1)C(=O)N(C)Cc1ccc2c(c1)OCCO2. The summed E-state index contributed by atoms with van der Waals surface area (Å²) in [5.41, 5.74) is 1.50. The highest BCUT2D eigenvalue weighted by Crippen LogP contribution is 2.31. The number of likely N-dealkylation sites (N-methyl/N-ethyl adjacent to an activating group) is 1. The molecule has 2 aromatic rings. The zero-order valence-corrected chi connectivity index (χ0v) is 14.8. The molecule has 0 aromatic heterocycles. The summed E-state index contributed by atoms with van der Waals surface area (Å²) in [6, 6.07) is 14.4. The van der Waals surface area contributed by atoms with Gasteiger partial charge in [0.25, 0.3) is 5.91 Å². The third-order valence-electron chi connectivity index (χ3n) is 4.05. The van der Waals surface area contributed by atoms with E-state index in [1.807, 2.05) is 24.3 Å². The second kappa shape index (κ2) is 7.79. The van der Waals surface area contributed by atoms with E-state index < -0.39 is 6.10 Å². The smallest absolute Gasteiger partial charge is 0.263 e. The van der Waals surface area contributed by atoms with Gasteiger partial charge < -0.3 is 19.1 Å². The third-order valence-corrected chi connectivity index (χ3v) is 4.05. The molecule has 1 heterocycles. The molecule has 134 valence electrons. The predicted molar refractivity (Wildman–Crippen MR) is 95.2 cm³/mol. The van der Waals surface area contributed by atoms with E-state index in [1.54, 1.807) is 43.1 Å². The lowest BCUT2D eigenvalue weighted by Gasteiger charge is -2.23. The van der Waals surface area contributed by atoms with Gasteiger partial charge in [-0.25, -0.2) is 0 Å². The van der Waals surface area contributed by atoms with Crippen LogP contribution in [-0.2, 0) is 11.3 Å². The van der Waals surface area contributed by atoms with Gasteiger partial charge in [0.05, 0.1) is 11.6 Å². The number of fused-ring (bicyclic) bond motifs is 1. The Kier molecular flexibility index (Phi) is 5.28. The Morgan fingerprint density at radius 2 is 1.88 bits per heavy atom. The Hall–Kier alpha value is -3.20. The number of amides is 1. The Morgan fingerprint density at radius 3 is 2.58 bits per heavy atom. The number of ether oxygens (including phenoxy) is 3. The average Bonchev–Trinajstić information content (AvgIpc) is 2.67. The molecule has 2 aromatic carbocycles. The second-order valence-corrected chi connectivity index (χ2v) is 6.07. The van der Waals surface area contributed by atoms with E-state index in [-0.39, 0.29) is 5.91 Å². The van der Waals surface area contributed by atoms with Crippen LogP contribution in [-0.4, -0.2) is 37.2 Å². The highest BCUT2D eigenvalue weighted by atomic mass is 16.6. The van der Waals surface area contributed by atoms with Crippen molar-refractivity contribution in [3.05, 3.63) is 53.6 Å². The van der Waals surface area contributed by atoms with Gasteiger partial charge in [-0.2, -0.15) is 5.26 Å². The molecular weight excluding hydrogens is 332 g/mol. The third kappa shape index (κ3) is 4.06. The van der Waals surface area contributed by atoms with E-state index in [0.717, 1.165) is 11.3 Å². The second-order valence-electron chi connectivity index (χ2n) is 6.07. The van der Waals surface area contributed by atoms with Crippen molar-refractivity contribution in [3.8, 4) is 23.3 Å². The largest absolute Gasteiger partial charge is 0.486 e. The van der Waals surface area contributed by atoms with E-state index in [4.69, 9.17) is 19.5 Å². The fraction of sp³-hybridized carbons (Fsp3) is 0.300. The molecule has 1 atom stereocenters. The van der Waals surface area contributed by atoms with Crippen LogP contribution < -0.4 is 14.2 Å². The number of carbonyl (C=O) groups excluding carboxylic acids is 1. The molecule has 1 aliphatic heterocycles. The lowest BCUT2D eigenvalue weighted by Crippen LogP contribution is -2.37. The summed E-state index contributed by atoms with van der Waals surface area (Å²) >= 11 is 0. The first-order chi connectivity index (χ1) is 12.6. The molecule has 0 saturated heterocycles. The van der Waals surface area contributed by atoms with Gasteiger partial charge in [-0.05, 0) is 48.9 Å². The highest BCUT2D eigenvalue weighted by molar-refractivity contribution is 5.80. The fourth-order valence-corrected chi connectivity index (χ4v) is 2.71. The molecule has 6 heteroatoms. The van der Waals surface area contributed by atoms with Gasteiger partial charge in [0.1, 0.15) is 19.0 Å². The van der Waals surface area contributed by atoms with Crippen LogP contribution >= 0.6 is 0 Å². The molecule has 26 heavy (non-hydrogen) atoms. The van der Waals surface area contributed by atoms with Crippen molar-refractivity contribution in [1.82, 2.24) is 4.90 Å². The summed E-state index contributed by atoms with van der Waals surface area (Å²) in [7, 11) is 1.73. The summed E-state index contributed by atoms with van der Waals surface area (Å²) in [5, 5.41) is 8.82. The Labute approximate surface area is 152 Å². The molecule has 0 N–H and O–H groups in total. The van der Waals surface area contributed by atoms with E-state index in [9.17, 15) is 4.79 Å². The number of hydrogen-bond acceptors (Lipinski definition) is 5. The monoisotopic (exact) mass is 352 g/mol. The van der Waals surface area contributed by atoms with Crippen molar-refractivity contribution in [2.45, 2.75) is 19.6 Å². The molecule has 0 saturated carbocycles. The number of nitriles is 1. The molecule has 6 nitrogen and oxygen atoms in total. The normalized spacial score (nSPS) is 13.4. The molecule has 3 rings (SSSR count). The van der Waals surface area contributed by atoms with Crippen LogP contribution in [0.3, 0.4) is 0 Å². The number of rotatable bonds is 5. The summed E-state index contributed by atoms with van der Waals surface area (Å²) in [6.07, 6.45) is -0.634. The Balaban J connectivity index is 1.60. The van der Waals surface area contributed by atoms with Crippen molar-refractivity contribution in [1.29, 1.82) is 5.26 Å². The summed E-state index contributed by atoms with van der Waals surface area (Å²) in [6.45, 7) is 3.23. The van der Waals surface area contributed by atoms with Gasteiger partial charge in [0.2, 0.25) is 0 Å². The van der Waals surface area contributed by atoms with Crippen LogP contribution in [0.1, 0.15) is 18.1 Å². The molecule has 0 bridgehead atoms. The Bertz CT molecular complexity index is 827. The van der Waals surface area contributed by atoms with Crippen LogP contribution in [0.25, 0.3) is 0 Å². The minimum absolute atomic E-state index is 0.135. The van der Waals surface area contributed by atoms with Crippen LogP contribution in [0.15, 0.2) is 42.5 Å². The maximum absolute atomic E-state index is 12.6. The van der Waals surface area contributed by atoms with Gasteiger partial charge >= 0.3 is 0 Å². The zero-order chi connectivity index (χ0) is 18.5. The molecule has 0 spiro atoms. The molecule has 0 aliphatic carbocycles. The maximum Gasteiger partial charge on any atom is 0.263 e. The van der Waals surface area contributed by atoms with Gasteiger partial charge in [0, 0.05) is 13.6 Å². The van der Waals surface area contributed by atoms with Gasteiger partial charge in [-0.3, -0.25) is 4.79 Å². The molecule has 1 aliphatic rings. The zero-order valence-electron chi connectivity index (χ0n) is 14.8. The molecule has 0 fully saturated rings. The Morgan fingerprint density at radius 1 is 1.19 bits per heavy atom. The van der Waals surface area contributed by atoms with Crippen molar-refractivity contribution >= 4 is 5.91 Å². The van der Waals surface area contributed by atoms with Crippen LogP contribution in [0, 0.1) is 11.3 Å². The van der Waals surface area contributed by atoms with Gasteiger partial charge in [0.15, 0.2) is 17.6 Å². The number of hydrogen-bond donors (Lipinski definition) is 0. The van der Waals surface area contributed by atoms with Crippen LogP contribution in [0.4, 0.5) is 0 Å². The van der Waals surface area contributed by atoms with E-state index in [2.05, 4.69) is 0 Å². The fourth-order valence-electron chi connectivity index (χ4n) is 2.71. The highest BCUT2D eigenvalue weighted by Gasteiger charge is 2.20. The van der Waals surface area contributed by atoms with Crippen LogP contribution in [0.5, 0.6) is 17.2 Å². The minimum atomic E-state index is -0.634. The van der Waals surface area contributed by atoms with E-state index in [1.165, 1.54) is 0 Å². The number of nitrogens with zero attached hydrogens (tertiary/aromatic N) is 2. The maximum atomic E-state index is 12.6.